The van der Waals surface area contributed by atoms with E-state index < -0.39 is 41.7 Å². The Hall–Kier alpha value is -2.05. The maximum atomic E-state index is 13.1. The van der Waals surface area contributed by atoms with E-state index in [1.54, 1.807) is 6.07 Å². The van der Waals surface area contributed by atoms with E-state index in [0.29, 0.717) is 0 Å². The van der Waals surface area contributed by atoms with Gasteiger partial charge in [0.2, 0.25) is 5.91 Å². The third-order valence-corrected chi connectivity index (χ3v) is 5.81. The maximum absolute atomic E-state index is 13.1. The molecule has 1 unspecified atom stereocenters. The molecule has 2 amide bonds. The van der Waals surface area contributed by atoms with Crippen molar-refractivity contribution in [2.24, 2.45) is 5.92 Å². The van der Waals surface area contributed by atoms with Gasteiger partial charge in [0.1, 0.15) is 6.04 Å². The largest absolute Gasteiger partial charge is 0.435 e. The Bertz CT molecular complexity index is 894. The van der Waals surface area contributed by atoms with E-state index in [9.17, 15) is 41.0 Å². The fourth-order valence-corrected chi connectivity index (χ4v) is 4.00. The van der Waals surface area contributed by atoms with Crippen LogP contribution in [-0.2, 0) is 19.7 Å². The van der Waals surface area contributed by atoms with Gasteiger partial charge in [0.05, 0.1) is 0 Å². The molecule has 0 saturated carbocycles. The SMILES string of the molecule is CC(C)(C)c1ccc(NC(=O)C(NC(=O)C(O)(C(F)(F)F)C(F)(F)F)C2CCOCC2)cc1Cl. The second-order valence-corrected chi connectivity index (χ2v) is 9.45. The Morgan fingerprint density at radius 3 is 2.03 bits per heavy atom. The zero-order valence-electron chi connectivity index (χ0n) is 18.5. The molecule has 2 rings (SSSR count). The third-order valence-electron chi connectivity index (χ3n) is 5.50. The molecular formula is C21H25ClF6N2O4. The fraction of sp³-hybridized carbons (Fsp3) is 0.619. The van der Waals surface area contributed by atoms with Crippen LogP contribution in [0.4, 0.5) is 32.0 Å². The summed E-state index contributed by atoms with van der Waals surface area (Å²) in [6.07, 6.45) is -12.6. The number of anilines is 1. The predicted molar refractivity (Wildman–Crippen MR) is 111 cm³/mol. The van der Waals surface area contributed by atoms with Gasteiger partial charge >= 0.3 is 18.0 Å². The zero-order chi connectivity index (χ0) is 26.1. The standard InChI is InChI=1S/C21H25ClF6N2O4/c1-18(2,3)13-5-4-12(10-14(13)22)29-16(31)15(11-6-8-34-9-7-11)30-17(32)19(33,20(23,24)25)21(26,27)28/h4-5,10-11,15,33H,6-9H2,1-3H3,(H,29,31)(H,30,32). The van der Waals surface area contributed by atoms with Crippen molar-refractivity contribution in [1.82, 2.24) is 5.32 Å². The number of ether oxygens (including phenoxy) is 1. The highest BCUT2D eigenvalue weighted by Gasteiger charge is 2.75. The van der Waals surface area contributed by atoms with E-state index in [1.165, 1.54) is 17.4 Å². The molecule has 1 aliphatic heterocycles. The Morgan fingerprint density at radius 1 is 1.06 bits per heavy atom. The summed E-state index contributed by atoms with van der Waals surface area (Å²) in [4.78, 5) is 25.1. The summed E-state index contributed by atoms with van der Waals surface area (Å²) in [5, 5.41) is 13.5. The van der Waals surface area contributed by atoms with Gasteiger partial charge in [-0.1, -0.05) is 38.4 Å². The number of benzene rings is 1. The van der Waals surface area contributed by atoms with Gasteiger partial charge in [0.25, 0.3) is 5.91 Å². The van der Waals surface area contributed by atoms with Crippen LogP contribution in [0.15, 0.2) is 18.2 Å². The van der Waals surface area contributed by atoms with Crippen LogP contribution in [-0.4, -0.2) is 54.1 Å². The molecule has 1 aromatic rings. The van der Waals surface area contributed by atoms with Crippen molar-refractivity contribution < 1.29 is 45.8 Å². The topological polar surface area (TPSA) is 87.7 Å². The van der Waals surface area contributed by atoms with Crippen molar-refractivity contribution in [3.63, 3.8) is 0 Å². The molecular weight excluding hydrogens is 494 g/mol. The number of alkyl halides is 6. The summed E-state index contributed by atoms with van der Waals surface area (Å²) < 4.78 is 83.7. The monoisotopic (exact) mass is 518 g/mol. The second kappa shape index (κ2) is 9.90. The van der Waals surface area contributed by atoms with Crippen LogP contribution < -0.4 is 10.6 Å². The fourth-order valence-electron chi connectivity index (χ4n) is 3.53. The van der Waals surface area contributed by atoms with Gasteiger partial charge in [-0.3, -0.25) is 9.59 Å². The van der Waals surface area contributed by atoms with Crippen molar-refractivity contribution in [3.05, 3.63) is 28.8 Å². The van der Waals surface area contributed by atoms with Gasteiger partial charge in [-0.05, 0) is 41.9 Å². The molecule has 0 spiro atoms. The van der Waals surface area contributed by atoms with E-state index in [4.69, 9.17) is 16.3 Å². The number of nitrogens with one attached hydrogen (secondary N) is 2. The van der Waals surface area contributed by atoms with Crippen molar-refractivity contribution >= 4 is 29.1 Å². The number of hydrogen-bond acceptors (Lipinski definition) is 4. The van der Waals surface area contributed by atoms with Crippen molar-refractivity contribution in [2.75, 3.05) is 18.5 Å². The van der Waals surface area contributed by atoms with Gasteiger partial charge in [-0.25, -0.2) is 0 Å². The predicted octanol–water partition coefficient (Wildman–Crippen LogP) is 4.34. The van der Waals surface area contributed by atoms with E-state index >= 15 is 0 Å². The number of carbonyl (C=O) groups excluding carboxylic acids is 2. The Morgan fingerprint density at radius 2 is 1.59 bits per heavy atom. The average molecular weight is 519 g/mol. The lowest BCUT2D eigenvalue weighted by Crippen LogP contribution is -2.68. The molecule has 0 aromatic heterocycles. The molecule has 1 aromatic carbocycles. The molecule has 1 atom stereocenters. The van der Waals surface area contributed by atoms with Crippen molar-refractivity contribution in [3.8, 4) is 0 Å². The van der Waals surface area contributed by atoms with E-state index in [2.05, 4.69) is 5.32 Å². The lowest BCUT2D eigenvalue weighted by Gasteiger charge is -2.35. The summed E-state index contributed by atoms with van der Waals surface area (Å²) in [6, 6.07) is 2.65. The minimum absolute atomic E-state index is 0.0819. The molecule has 1 heterocycles. The van der Waals surface area contributed by atoms with Crippen LogP contribution in [0.5, 0.6) is 0 Å². The number of carbonyl (C=O) groups is 2. The number of rotatable bonds is 5. The first kappa shape index (κ1) is 28.2. The molecule has 13 heteroatoms. The molecule has 0 radical (unpaired) electrons. The quantitative estimate of drug-likeness (QED) is 0.506. The highest BCUT2D eigenvalue weighted by molar-refractivity contribution is 6.31. The number of hydrogen-bond donors (Lipinski definition) is 3. The summed E-state index contributed by atoms with van der Waals surface area (Å²) in [5.41, 5.74) is -5.17. The van der Waals surface area contributed by atoms with Crippen LogP contribution in [0.3, 0.4) is 0 Å². The summed E-state index contributed by atoms with van der Waals surface area (Å²) in [6.45, 7) is 5.85. The molecule has 0 bridgehead atoms. The minimum Gasteiger partial charge on any atom is -0.381 e. The lowest BCUT2D eigenvalue weighted by atomic mass is 9.87. The van der Waals surface area contributed by atoms with Crippen LogP contribution in [0.1, 0.15) is 39.2 Å². The number of aliphatic hydroxyl groups is 1. The van der Waals surface area contributed by atoms with Crippen molar-refractivity contribution in [1.29, 1.82) is 0 Å². The van der Waals surface area contributed by atoms with Gasteiger partial charge < -0.3 is 20.5 Å². The van der Waals surface area contributed by atoms with Gasteiger partial charge in [0.15, 0.2) is 0 Å². The van der Waals surface area contributed by atoms with E-state index in [1.807, 2.05) is 20.8 Å². The first-order valence-corrected chi connectivity index (χ1v) is 10.6. The number of halogens is 7. The third kappa shape index (κ3) is 5.95. The maximum Gasteiger partial charge on any atom is 0.435 e. The zero-order valence-corrected chi connectivity index (χ0v) is 19.3. The number of amides is 2. The van der Waals surface area contributed by atoms with Gasteiger partial charge in [-0.15, -0.1) is 0 Å². The molecule has 1 fully saturated rings. The van der Waals surface area contributed by atoms with E-state index in [0.717, 1.165) is 5.56 Å². The molecule has 6 nitrogen and oxygen atoms in total. The van der Waals surface area contributed by atoms with Gasteiger partial charge in [0, 0.05) is 23.9 Å². The second-order valence-electron chi connectivity index (χ2n) is 9.04. The Kier molecular flexibility index (Phi) is 8.21. The van der Waals surface area contributed by atoms with E-state index in [-0.39, 0.29) is 42.2 Å². The van der Waals surface area contributed by atoms with Crippen LogP contribution in [0, 0.1) is 5.92 Å². The molecule has 1 aliphatic rings. The smallest absolute Gasteiger partial charge is 0.381 e. The van der Waals surface area contributed by atoms with Crippen LogP contribution >= 0.6 is 11.6 Å². The van der Waals surface area contributed by atoms with Crippen LogP contribution in [0.25, 0.3) is 0 Å². The first-order chi connectivity index (χ1) is 15.4. The molecule has 192 valence electrons. The van der Waals surface area contributed by atoms with Gasteiger partial charge in [-0.2, -0.15) is 26.3 Å². The van der Waals surface area contributed by atoms with Crippen LogP contribution in [0.2, 0.25) is 5.02 Å². The Labute approximate surface area is 197 Å². The summed E-state index contributed by atoms with van der Waals surface area (Å²) >= 11 is 6.25. The Balaban J connectivity index is 2.35. The minimum atomic E-state index is -6.37. The molecule has 1 saturated heterocycles. The normalized spacial score (nSPS) is 17.3. The molecule has 0 aliphatic carbocycles. The molecule has 34 heavy (non-hydrogen) atoms. The summed E-state index contributed by atoms with van der Waals surface area (Å²) in [5.74, 6) is -4.69. The van der Waals surface area contributed by atoms with Crippen molar-refractivity contribution in [2.45, 2.75) is 63.0 Å². The highest BCUT2D eigenvalue weighted by atomic mass is 35.5. The first-order valence-electron chi connectivity index (χ1n) is 10.2. The molecule has 3 N–H and O–H groups in total. The lowest BCUT2D eigenvalue weighted by molar-refractivity contribution is -0.350. The highest BCUT2D eigenvalue weighted by Crippen LogP contribution is 2.43. The summed E-state index contributed by atoms with van der Waals surface area (Å²) in [7, 11) is 0. The average Bonchev–Trinajstić information content (AvgIpc) is 2.69.